The number of carboxylic acids is 1. The molecule has 6 heteroatoms. The molecular formula is C12H31NO5. The van der Waals surface area contributed by atoms with Gasteiger partial charge in [0.25, 0.3) is 0 Å². The smallest absolute Gasteiger partial charge is 0.303 e. The first-order valence-electron chi connectivity index (χ1n) is 5.95. The molecule has 0 bridgehead atoms. The molecule has 0 aromatic carbocycles. The van der Waals surface area contributed by atoms with Crippen LogP contribution < -0.4 is 5.73 Å². The van der Waals surface area contributed by atoms with Crippen molar-refractivity contribution in [2.24, 2.45) is 17.6 Å². The van der Waals surface area contributed by atoms with Crippen LogP contribution in [0.2, 0.25) is 0 Å². The second-order valence-corrected chi connectivity index (χ2v) is 4.41. The highest BCUT2D eigenvalue weighted by Gasteiger charge is 1.98. The normalized spacial score (nSPS) is 8.72. The van der Waals surface area contributed by atoms with Crippen molar-refractivity contribution in [3.63, 3.8) is 0 Å². The third-order valence-corrected chi connectivity index (χ3v) is 1.42. The highest BCUT2D eigenvalue weighted by atomic mass is 16.4. The van der Waals surface area contributed by atoms with E-state index in [1.54, 1.807) is 0 Å². The fourth-order valence-corrected chi connectivity index (χ4v) is 0.607. The highest BCUT2D eigenvalue weighted by Crippen LogP contribution is 1.96. The zero-order valence-corrected chi connectivity index (χ0v) is 12.0. The minimum Gasteiger partial charge on any atom is -0.481 e. The second kappa shape index (κ2) is 21.6. The van der Waals surface area contributed by atoms with Crippen LogP contribution in [0.3, 0.4) is 0 Å². The van der Waals surface area contributed by atoms with Crippen LogP contribution in [-0.4, -0.2) is 46.5 Å². The molecule has 0 saturated carbocycles. The summed E-state index contributed by atoms with van der Waals surface area (Å²) < 4.78 is 0. The number of nitrogens with two attached hydrogens (primary N) is 1. The number of rotatable bonds is 5. The van der Waals surface area contributed by atoms with E-state index < -0.39 is 5.97 Å². The molecule has 0 amide bonds. The van der Waals surface area contributed by atoms with Gasteiger partial charge in [0.1, 0.15) is 0 Å². The quantitative estimate of drug-likeness (QED) is 0.567. The monoisotopic (exact) mass is 269 g/mol. The summed E-state index contributed by atoms with van der Waals surface area (Å²) in [6.45, 7) is 8.76. The Labute approximate surface area is 110 Å². The fraction of sp³-hybridized carbons (Fsp3) is 0.917. The summed E-state index contributed by atoms with van der Waals surface area (Å²) in [7, 11) is 0. The van der Waals surface area contributed by atoms with Crippen LogP contribution in [-0.2, 0) is 4.79 Å². The Morgan fingerprint density at radius 1 is 1.06 bits per heavy atom. The summed E-state index contributed by atoms with van der Waals surface area (Å²) in [5.41, 5.74) is 4.78. The third-order valence-electron chi connectivity index (χ3n) is 1.42. The van der Waals surface area contributed by atoms with Crippen molar-refractivity contribution >= 4 is 5.97 Å². The molecule has 7 N–H and O–H groups in total. The molecule has 0 aliphatic rings. The molecule has 0 unspecified atom stereocenters. The summed E-state index contributed by atoms with van der Waals surface area (Å²) >= 11 is 0. The zero-order valence-electron chi connectivity index (χ0n) is 12.0. The van der Waals surface area contributed by atoms with E-state index in [0.717, 1.165) is 6.42 Å². The lowest BCUT2D eigenvalue weighted by Gasteiger charge is -1.95. The van der Waals surface area contributed by atoms with Gasteiger partial charge in [-0.1, -0.05) is 27.7 Å². The van der Waals surface area contributed by atoms with Gasteiger partial charge in [0.05, 0.1) is 6.61 Å². The lowest BCUT2D eigenvalue weighted by Crippen LogP contribution is -2.02. The molecule has 0 heterocycles. The van der Waals surface area contributed by atoms with E-state index in [-0.39, 0.29) is 24.4 Å². The first kappa shape index (κ1) is 26.0. The minimum atomic E-state index is -0.713. The zero-order chi connectivity index (χ0) is 14.3. The topological polar surface area (TPSA) is 135 Å². The molecule has 0 aliphatic carbocycles. The van der Waals surface area contributed by atoms with E-state index in [0.29, 0.717) is 19.1 Å². The van der Waals surface area contributed by atoms with E-state index in [4.69, 9.17) is 21.1 Å². The number of hydrogen-bond acceptors (Lipinski definition) is 4. The Kier molecular flexibility index (Phi) is 31.2. The van der Waals surface area contributed by atoms with Gasteiger partial charge in [-0.3, -0.25) is 4.79 Å². The van der Waals surface area contributed by atoms with Crippen LogP contribution in [0.1, 0.15) is 40.5 Å². The van der Waals surface area contributed by atoms with Gasteiger partial charge in [-0.25, -0.2) is 0 Å². The first-order chi connectivity index (χ1) is 7.81. The highest BCUT2D eigenvalue weighted by molar-refractivity contribution is 5.66. The molecule has 0 aromatic rings. The molecule has 114 valence electrons. The van der Waals surface area contributed by atoms with Crippen LogP contribution >= 0.6 is 0 Å². The molecular weight excluding hydrogens is 238 g/mol. The van der Waals surface area contributed by atoms with E-state index in [9.17, 15) is 4.79 Å². The van der Waals surface area contributed by atoms with Gasteiger partial charge in [-0.2, -0.15) is 0 Å². The third kappa shape index (κ3) is 58.7. The maximum absolute atomic E-state index is 9.81. The number of aliphatic hydroxyl groups excluding tert-OH is 2. The van der Waals surface area contributed by atoms with Crippen molar-refractivity contribution in [3.05, 3.63) is 0 Å². The predicted molar refractivity (Wildman–Crippen MR) is 73.4 cm³/mol. The maximum Gasteiger partial charge on any atom is 0.303 e. The second-order valence-electron chi connectivity index (χ2n) is 4.41. The minimum absolute atomic E-state index is 0. The summed E-state index contributed by atoms with van der Waals surface area (Å²) in [4.78, 5) is 9.81. The first-order valence-corrected chi connectivity index (χ1v) is 5.95. The van der Waals surface area contributed by atoms with Crippen molar-refractivity contribution in [1.29, 1.82) is 0 Å². The summed E-state index contributed by atoms with van der Waals surface area (Å²) in [6, 6.07) is 0. The van der Waals surface area contributed by atoms with Gasteiger partial charge in [-0.05, 0) is 18.3 Å². The van der Waals surface area contributed by atoms with Crippen LogP contribution in [0.4, 0.5) is 0 Å². The molecule has 0 aromatic heterocycles. The Hall–Kier alpha value is -0.690. The van der Waals surface area contributed by atoms with Gasteiger partial charge in [0, 0.05) is 19.6 Å². The molecule has 18 heavy (non-hydrogen) atoms. The number of carboxylic acid groups (broad SMARTS) is 1. The van der Waals surface area contributed by atoms with Crippen molar-refractivity contribution in [2.45, 2.75) is 40.5 Å². The number of hydrogen-bond donors (Lipinski definition) is 4. The molecule has 6 nitrogen and oxygen atoms in total. The summed E-state index contributed by atoms with van der Waals surface area (Å²) in [6.07, 6.45) is 1.21. The lowest BCUT2D eigenvalue weighted by molar-refractivity contribution is -0.137. The van der Waals surface area contributed by atoms with Crippen molar-refractivity contribution in [3.8, 4) is 0 Å². The lowest BCUT2D eigenvalue weighted by atomic mass is 10.1. The van der Waals surface area contributed by atoms with E-state index in [1.807, 2.05) is 13.8 Å². The number of aliphatic carboxylic acids is 1. The van der Waals surface area contributed by atoms with Gasteiger partial charge in [0.2, 0.25) is 0 Å². The number of aliphatic hydroxyl groups is 2. The van der Waals surface area contributed by atoms with Crippen LogP contribution in [0.25, 0.3) is 0 Å². The van der Waals surface area contributed by atoms with Crippen LogP contribution in [0.5, 0.6) is 0 Å². The van der Waals surface area contributed by atoms with Crippen molar-refractivity contribution in [1.82, 2.24) is 0 Å². The average molecular weight is 269 g/mol. The van der Waals surface area contributed by atoms with Gasteiger partial charge in [-0.15, -0.1) is 0 Å². The Balaban J connectivity index is -0.0000000823. The maximum atomic E-state index is 9.81. The molecule has 0 rings (SSSR count). The molecule has 0 fully saturated rings. The van der Waals surface area contributed by atoms with Gasteiger partial charge >= 0.3 is 5.97 Å². The Bertz CT molecular complexity index is 149. The SMILES string of the molecule is CC(C)CC(=O)O.CC(C)CCO.NCCO.O. The standard InChI is InChI=1S/C5H10O2.C5H12O.C2H7NO.H2O/c1-4(2)3-5(6)7;1-5(2)3-4-6;3-1-2-4;/h4H,3H2,1-2H3,(H,6,7);5-6H,3-4H2,1-2H3;4H,1-3H2;1H2. The Morgan fingerprint density at radius 3 is 1.44 bits per heavy atom. The molecule has 0 spiro atoms. The molecule has 0 radical (unpaired) electrons. The van der Waals surface area contributed by atoms with Crippen molar-refractivity contribution in [2.75, 3.05) is 19.8 Å². The van der Waals surface area contributed by atoms with E-state index >= 15 is 0 Å². The predicted octanol–water partition coefficient (Wildman–Crippen LogP) is 0.255. The van der Waals surface area contributed by atoms with Gasteiger partial charge in [0.15, 0.2) is 0 Å². The van der Waals surface area contributed by atoms with E-state index in [1.165, 1.54) is 0 Å². The Morgan fingerprint density at radius 2 is 1.44 bits per heavy atom. The summed E-state index contributed by atoms with van der Waals surface area (Å²) in [5, 5.41) is 24.1. The van der Waals surface area contributed by atoms with Crippen LogP contribution in [0, 0.1) is 11.8 Å². The summed E-state index contributed by atoms with van der Waals surface area (Å²) in [5.74, 6) is 0.211. The average Bonchev–Trinajstić information content (AvgIpc) is 2.16. The van der Waals surface area contributed by atoms with E-state index in [2.05, 4.69) is 13.8 Å². The van der Waals surface area contributed by atoms with Crippen molar-refractivity contribution < 1.29 is 25.6 Å². The van der Waals surface area contributed by atoms with Gasteiger partial charge < -0.3 is 26.5 Å². The largest absolute Gasteiger partial charge is 0.481 e. The fourth-order valence-electron chi connectivity index (χ4n) is 0.607. The molecule has 0 saturated heterocycles. The van der Waals surface area contributed by atoms with Crippen LogP contribution in [0.15, 0.2) is 0 Å². The molecule has 0 aliphatic heterocycles. The molecule has 0 atom stereocenters. The number of carbonyl (C=O) groups is 1.